The number of halogens is 1. The quantitative estimate of drug-likeness (QED) is 0.654. The summed E-state index contributed by atoms with van der Waals surface area (Å²) in [6, 6.07) is 7.70. The summed E-state index contributed by atoms with van der Waals surface area (Å²) in [5, 5.41) is 15.1. The van der Waals surface area contributed by atoms with Crippen LogP contribution in [0.2, 0.25) is 0 Å². The van der Waals surface area contributed by atoms with E-state index in [1.807, 2.05) is 60.7 Å². The number of rotatable bonds is 4. The Balaban J connectivity index is 2.33. The summed E-state index contributed by atoms with van der Waals surface area (Å²) in [6.45, 7) is 4.37. The van der Waals surface area contributed by atoms with Crippen LogP contribution < -0.4 is 0 Å². The highest BCUT2D eigenvalue weighted by atomic mass is 127. The molecular formula is C15H16IN3O. The molecule has 0 radical (unpaired) electrons. The molecule has 0 spiro atoms. The van der Waals surface area contributed by atoms with Crippen molar-refractivity contribution >= 4 is 22.6 Å². The van der Waals surface area contributed by atoms with Crippen LogP contribution in [0.5, 0.6) is 0 Å². The Morgan fingerprint density at radius 2 is 2.05 bits per heavy atom. The highest BCUT2D eigenvalue weighted by Crippen LogP contribution is 2.31. The molecule has 2 aromatic rings. The molecule has 1 atom stereocenters. The van der Waals surface area contributed by atoms with E-state index in [1.165, 1.54) is 6.33 Å². The Kier molecular flexibility index (Phi) is 4.78. The molecule has 0 aliphatic carbocycles. The fourth-order valence-electron chi connectivity index (χ4n) is 2.07. The third-order valence-electron chi connectivity index (χ3n) is 3.40. The van der Waals surface area contributed by atoms with Gasteiger partial charge in [-0.2, -0.15) is 5.10 Å². The lowest BCUT2D eigenvalue weighted by Gasteiger charge is -2.32. The van der Waals surface area contributed by atoms with E-state index in [9.17, 15) is 5.11 Å². The van der Waals surface area contributed by atoms with E-state index in [0.717, 1.165) is 11.1 Å². The van der Waals surface area contributed by atoms with E-state index in [1.54, 1.807) is 11.0 Å². The van der Waals surface area contributed by atoms with E-state index in [0.29, 0.717) is 6.54 Å². The minimum Gasteiger partial charge on any atom is -0.383 e. The van der Waals surface area contributed by atoms with Crippen LogP contribution in [0.15, 0.2) is 36.9 Å². The van der Waals surface area contributed by atoms with Gasteiger partial charge in [0.25, 0.3) is 0 Å². The summed E-state index contributed by atoms with van der Waals surface area (Å²) in [5.41, 5.74) is 0.821. The predicted octanol–water partition coefficient (Wildman–Crippen LogP) is 2.57. The van der Waals surface area contributed by atoms with Crippen molar-refractivity contribution in [2.45, 2.75) is 26.0 Å². The Morgan fingerprint density at radius 1 is 1.35 bits per heavy atom. The van der Waals surface area contributed by atoms with Crippen molar-refractivity contribution in [1.82, 2.24) is 14.8 Å². The van der Waals surface area contributed by atoms with Gasteiger partial charge in [0.1, 0.15) is 18.3 Å². The van der Waals surface area contributed by atoms with Crippen molar-refractivity contribution in [1.29, 1.82) is 0 Å². The zero-order valence-corrected chi connectivity index (χ0v) is 13.6. The first-order valence-corrected chi connectivity index (χ1v) is 7.41. The van der Waals surface area contributed by atoms with Crippen molar-refractivity contribution in [2.75, 3.05) is 0 Å². The summed E-state index contributed by atoms with van der Waals surface area (Å²) >= 11 is 2.01. The molecule has 0 bridgehead atoms. The van der Waals surface area contributed by atoms with Crippen molar-refractivity contribution in [2.24, 2.45) is 5.92 Å². The fourth-order valence-corrected chi connectivity index (χ4v) is 2.38. The average molecular weight is 381 g/mol. The van der Waals surface area contributed by atoms with Gasteiger partial charge in [-0.25, -0.2) is 9.67 Å². The molecule has 1 unspecified atom stereocenters. The van der Waals surface area contributed by atoms with Crippen LogP contribution in [0.3, 0.4) is 0 Å². The van der Waals surface area contributed by atoms with Gasteiger partial charge in [-0.1, -0.05) is 31.9 Å². The molecule has 1 aromatic heterocycles. The molecule has 0 aliphatic rings. The van der Waals surface area contributed by atoms with Gasteiger partial charge in [-0.15, -0.1) is 0 Å². The van der Waals surface area contributed by atoms with Crippen molar-refractivity contribution in [3.63, 3.8) is 0 Å². The fraction of sp³-hybridized carbons (Fsp3) is 0.333. The lowest BCUT2D eigenvalue weighted by atomic mass is 9.83. The zero-order chi connectivity index (χ0) is 14.6. The normalized spacial score (nSPS) is 13.7. The minimum absolute atomic E-state index is 0.0493. The van der Waals surface area contributed by atoms with Crippen LogP contribution in [0, 0.1) is 15.8 Å². The van der Waals surface area contributed by atoms with E-state index in [4.69, 9.17) is 0 Å². The second-order valence-electron chi connectivity index (χ2n) is 4.97. The van der Waals surface area contributed by atoms with Crippen molar-refractivity contribution in [3.8, 4) is 9.85 Å². The van der Waals surface area contributed by atoms with E-state index in [2.05, 4.69) is 19.9 Å². The number of aromatic nitrogens is 3. The second kappa shape index (κ2) is 6.37. The standard InChI is InChI=1S/C15H16IN3O/c1-12(2)15(20,9-19-11-17-10-18-19)14-5-3-13(4-6-14)7-8-16/h3-6,10-12,20H,9H2,1-2H3. The van der Waals surface area contributed by atoms with E-state index < -0.39 is 5.60 Å². The molecule has 0 saturated carbocycles. The Hall–Kier alpha value is -1.39. The lowest BCUT2D eigenvalue weighted by Crippen LogP contribution is -2.37. The second-order valence-corrected chi connectivity index (χ2v) is 5.51. The Labute approximate surface area is 132 Å². The molecule has 5 heteroatoms. The summed E-state index contributed by atoms with van der Waals surface area (Å²) < 4.78 is 4.49. The molecule has 1 heterocycles. The number of aliphatic hydroxyl groups is 1. The summed E-state index contributed by atoms with van der Waals surface area (Å²) in [4.78, 5) is 3.92. The zero-order valence-electron chi connectivity index (χ0n) is 11.4. The molecule has 0 fully saturated rings. The third kappa shape index (κ3) is 3.19. The van der Waals surface area contributed by atoms with Crippen molar-refractivity contribution < 1.29 is 5.11 Å². The molecule has 20 heavy (non-hydrogen) atoms. The summed E-state index contributed by atoms with van der Waals surface area (Å²) in [7, 11) is 0. The highest BCUT2D eigenvalue weighted by Gasteiger charge is 2.33. The molecule has 2 rings (SSSR count). The van der Waals surface area contributed by atoms with Gasteiger partial charge in [0, 0.05) is 28.2 Å². The summed E-state index contributed by atoms with van der Waals surface area (Å²) in [6.07, 6.45) is 3.09. The van der Waals surface area contributed by atoms with E-state index in [-0.39, 0.29) is 5.92 Å². The minimum atomic E-state index is -0.982. The van der Waals surface area contributed by atoms with Gasteiger partial charge >= 0.3 is 0 Å². The van der Waals surface area contributed by atoms with Crippen LogP contribution in [0.1, 0.15) is 25.0 Å². The molecule has 0 saturated heterocycles. The first-order valence-electron chi connectivity index (χ1n) is 6.33. The Morgan fingerprint density at radius 3 is 2.55 bits per heavy atom. The summed E-state index contributed by atoms with van der Waals surface area (Å²) in [5.74, 6) is 3.04. The van der Waals surface area contributed by atoms with Gasteiger partial charge in [-0.3, -0.25) is 0 Å². The van der Waals surface area contributed by atoms with Gasteiger partial charge in [0.15, 0.2) is 0 Å². The largest absolute Gasteiger partial charge is 0.383 e. The van der Waals surface area contributed by atoms with E-state index >= 15 is 0 Å². The molecule has 104 valence electrons. The number of benzene rings is 1. The maximum Gasteiger partial charge on any atom is 0.137 e. The molecule has 4 nitrogen and oxygen atoms in total. The molecule has 1 N–H and O–H groups in total. The van der Waals surface area contributed by atoms with Crippen LogP contribution >= 0.6 is 22.6 Å². The smallest absolute Gasteiger partial charge is 0.137 e. The molecular weight excluding hydrogens is 365 g/mol. The highest BCUT2D eigenvalue weighted by molar-refractivity contribution is 14.1. The molecule has 0 aliphatic heterocycles. The number of hydrogen-bond acceptors (Lipinski definition) is 3. The molecule has 0 amide bonds. The first-order chi connectivity index (χ1) is 9.56. The maximum absolute atomic E-state index is 11.0. The van der Waals surface area contributed by atoms with Gasteiger partial charge in [0.2, 0.25) is 0 Å². The van der Waals surface area contributed by atoms with Crippen LogP contribution in [0.25, 0.3) is 0 Å². The average Bonchev–Trinajstić information content (AvgIpc) is 2.92. The third-order valence-corrected chi connectivity index (χ3v) is 3.67. The SMILES string of the molecule is CC(C)C(O)(Cn1cncn1)c1ccc(C#CI)cc1. The van der Waals surface area contributed by atoms with Crippen LogP contribution in [-0.4, -0.2) is 19.9 Å². The van der Waals surface area contributed by atoms with Gasteiger partial charge in [0.05, 0.1) is 6.54 Å². The Bertz CT molecular complexity index is 611. The van der Waals surface area contributed by atoms with Crippen LogP contribution in [-0.2, 0) is 12.1 Å². The lowest BCUT2D eigenvalue weighted by molar-refractivity contribution is -0.0295. The number of hydrogen-bond donors (Lipinski definition) is 1. The first kappa shape index (κ1) is 15.0. The van der Waals surface area contributed by atoms with Crippen molar-refractivity contribution in [3.05, 3.63) is 48.0 Å². The topological polar surface area (TPSA) is 50.9 Å². The maximum atomic E-state index is 11.0. The molecule has 1 aromatic carbocycles. The predicted molar refractivity (Wildman–Crippen MR) is 86.1 cm³/mol. The number of nitrogens with zero attached hydrogens (tertiary/aromatic N) is 3. The van der Waals surface area contributed by atoms with Gasteiger partial charge in [-0.05, 0) is 27.5 Å². The monoisotopic (exact) mass is 381 g/mol. The van der Waals surface area contributed by atoms with Gasteiger partial charge < -0.3 is 5.11 Å². The van der Waals surface area contributed by atoms with Crippen LogP contribution in [0.4, 0.5) is 0 Å².